The fourth-order valence-electron chi connectivity index (χ4n) is 4.01. The first-order valence-electron chi connectivity index (χ1n) is 11.5. The molecular weight excluding hydrogens is 426 g/mol. The fourth-order valence-corrected chi connectivity index (χ4v) is 4.01. The summed E-state index contributed by atoms with van der Waals surface area (Å²) in [6, 6.07) is 24.3. The van der Waals surface area contributed by atoms with Crippen molar-refractivity contribution in [3.8, 4) is 0 Å². The van der Waals surface area contributed by atoms with Gasteiger partial charge in [0.2, 0.25) is 0 Å². The number of carbonyl (C=O) groups is 2. The maximum atomic E-state index is 13.5. The lowest BCUT2D eigenvalue weighted by molar-refractivity contribution is -0.147. The normalized spacial score (nSPS) is 12.2. The van der Waals surface area contributed by atoms with Crippen molar-refractivity contribution < 1.29 is 19.1 Å². The Morgan fingerprint density at radius 2 is 1.32 bits per heavy atom. The zero-order valence-corrected chi connectivity index (χ0v) is 20.5. The molecule has 0 heterocycles. The number of hydrogen-bond acceptors (Lipinski definition) is 4. The van der Waals surface area contributed by atoms with Crippen LogP contribution in [0.2, 0.25) is 0 Å². The van der Waals surface area contributed by atoms with Crippen LogP contribution in [-0.2, 0) is 20.9 Å². The van der Waals surface area contributed by atoms with Gasteiger partial charge in [-0.15, -0.1) is 0 Å². The molecule has 5 heteroatoms. The third-order valence-corrected chi connectivity index (χ3v) is 5.24. The van der Waals surface area contributed by atoms with Gasteiger partial charge in [-0.3, -0.25) is 0 Å². The van der Waals surface area contributed by atoms with Crippen LogP contribution in [0.15, 0.2) is 78.9 Å². The van der Waals surface area contributed by atoms with E-state index in [9.17, 15) is 9.59 Å². The topological polar surface area (TPSA) is 64.6 Å². The monoisotopic (exact) mass is 459 g/mol. The molecule has 0 aliphatic carbocycles. The lowest BCUT2D eigenvalue weighted by atomic mass is 9.85. The Balaban J connectivity index is 1.94. The molecule has 0 aliphatic heterocycles. The van der Waals surface area contributed by atoms with E-state index in [1.54, 1.807) is 20.8 Å². The zero-order chi connectivity index (χ0) is 24.7. The molecule has 0 aliphatic rings. The first kappa shape index (κ1) is 25.0. The van der Waals surface area contributed by atoms with Gasteiger partial charge in [0.15, 0.2) is 0 Å². The van der Waals surface area contributed by atoms with Crippen molar-refractivity contribution in [3.63, 3.8) is 0 Å². The molecule has 1 unspecified atom stereocenters. The van der Waals surface area contributed by atoms with Gasteiger partial charge >= 0.3 is 12.1 Å². The summed E-state index contributed by atoms with van der Waals surface area (Å²) < 4.78 is 11.2. The lowest BCUT2D eigenvalue weighted by Gasteiger charge is -2.29. The van der Waals surface area contributed by atoms with E-state index in [0.717, 1.165) is 27.8 Å². The number of rotatable bonds is 7. The number of amides is 1. The number of carbonyl (C=O) groups excluding carboxylic acids is 2. The lowest BCUT2D eigenvalue weighted by Crippen LogP contribution is -2.48. The van der Waals surface area contributed by atoms with Crippen LogP contribution < -0.4 is 5.32 Å². The highest BCUT2D eigenvalue weighted by atomic mass is 16.6. The Morgan fingerprint density at radius 1 is 0.824 bits per heavy atom. The molecular formula is C29H33NO4. The van der Waals surface area contributed by atoms with Gasteiger partial charge in [-0.1, -0.05) is 90.0 Å². The standard InChI is InChI=1S/C29H33NO4/c1-20-16-21(2)18-22(17-20)19-33-27(31)26(30-28(32)34-29(3,4)5)25(23-12-8-6-9-13-23)24-14-10-7-11-15-24/h6-18,25-26H,19H2,1-5H3,(H,30,32). The highest BCUT2D eigenvalue weighted by molar-refractivity contribution is 5.83. The average Bonchev–Trinajstić information content (AvgIpc) is 2.76. The summed E-state index contributed by atoms with van der Waals surface area (Å²) in [5.74, 6) is -0.982. The predicted molar refractivity (Wildman–Crippen MR) is 134 cm³/mol. The summed E-state index contributed by atoms with van der Waals surface area (Å²) in [5, 5.41) is 2.79. The summed E-state index contributed by atoms with van der Waals surface area (Å²) in [5.41, 5.74) is 4.17. The Kier molecular flexibility index (Phi) is 8.11. The Labute approximate surface area is 202 Å². The number of hydrogen-bond donors (Lipinski definition) is 1. The van der Waals surface area contributed by atoms with Crippen LogP contribution in [0.25, 0.3) is 0 Å². The van der Waals surface area contributed by atoms with E-state index in [2.05, 4.69) is 11.4 Å². The van der Waals surface area contributed by atoms with Gasteiger partial charge in [-0.2, -0.15) is 0 Å². The molecule has 34 heavy (non-hydrogen) atoms. The second-order valence-corrected chi connectivity index (χ2v) is 9.53. The summed E-state index contributed by atoms with van der Waals surface area (Å²) >= 11 is 0. The maximum absolute atomic E-state index is 13.5. The van der Waals surface area contributed by atoms with Crippen LogP contribution in [0.4, 0.5) is 4.79 Å². The minimum Gasteiger partial charge on any atom is -0.459 e. The largest absolute Gasteiger partial charge is 0.459 e. The molecule has 0 radical (unpaired) electrons. The number of nitrogens with one attached hydrogen (secondary N) is 1. The third kappa shape index (κ3) is 7.20. The van der Waals surface area contributed by atoms with E-state index < -0.39 is 29.6 Å². The third-order valence-electron chi connectivity index (χ3n) is 5.24. The molecule has 3 rings (SSSR count). The molecule has 0 saturated carbocycles. The minimum absolute atomic E-state index is 0.115. The second-order valence-electron chi connectivity index (χ2n) is 9.53. The van der Waals surface area contributed by atoms with Crippen LogP contribution >= 0.6 is 0 Å². The van der Waals surface area contributed by atoms with Gasteiger partial charge in [0.1, 0.15) is 18.2 Å². The number of aryl methyl sites for hydroxylation is 2. The van der Waals surface area contributed by atoms with Crippen molar-refractivity contribution >= 4 is 12.1 Å². The predicted octanol–water partition coefficient (Wildman–Crippen LogP) is 6.07. The summed E-state index contributed by atoms with van der Waals surface area (Å²) in [4.78, 5) is 26.2. The SMILES string of the molecule is Cc1cc(C)cc(COC(=O)C(NC(=O)OC(C)(C)C)C(c2ccccc2)c2ccccc2)c1. The first-order valence-corrected chi connectivity index (χ1v) is 11.5. The summed E-state index contributed by atoms with van der Waals surface area (Å²) in [6.07, 6.45) is -0.669. The fraction of sp³-hybridized carbons (Fsp3) is 0.310. The van der Waals surface area contributed by atoms with Gasteiger partial charge in [-0.25, -0.2) is 9.59 Å². The van der Waals surface area contributed by atoms with Crippen LogP contribution in [0, 0.1) is 13.8 Å². The van der Waals surface area contributed by atoms with E-state index in [4.69, 9.17) is 9.47 Å². The zero-order valence-electron chi connectivity index (χ0n) is 20.5. The van der Waals surface area contributed by atoms with Crippen molar-refractivity contribution in [2.75, 3.05) is 0 Å². The number of alkyl carbamates (subject to hydrolysis) is 1. The van der Waals surface area contributed by atoms with Gasteiger partial charge in [0.25, 0.3) is 0 Å². The van der Waals surface area contributed by atoms with Crippen molar-refractivity contribution in [1.29, 1.82) is 0 Å². The Hall–Kier alpha value is -3.60. The van der Waals surface area contributed by atoms with Gasteiger partial charge in [0.05, 0.1) is 0 Å². The molecule has 1 N–H and O–H groups in total. The highest BCUT2D eigenvalue weighted by Crippen LogP contribution is 2.29. The molecule has 5 nitrogen and oxygen atoms in total. The highest BCUT2D eigenvalue weighted by Gasteiger charge is 2.35. The van der Waals surface area contributed by atoms with Gasteiger partial charge in [-0.05, 0) is 51.3 Å². The molecule has 0 bridgehead atoms. The molecule has 0 saturated heterocycles. The van der Waals surface area contributed by atoms with E-state index in [1.165, 1.54) is 0 Å². The van der Waals surface area contributed by atoms with E-state index in [1.807, 2.05) is 86.6 Å². The molecule has 178 valence electrons. The molecule has 3 aromatic rings. The molecule has 1 atom stereocenters. The second kappa shape index (κ2) is 11.0. The van der Waals surface area contributed by atoms with Crippen molar-refractivity contribution in [1.82, 2.24) is 5.32 Å². The molecule has 1 amide bonds. The number of benzene rings is 3. The number of esters is 1. The minimum atomic E-state index is -0.981. The summed E-state index contributed by atoms with van der Waals surface area (Å²) in [6.45, 7) is 9.48. The molecule has 0 aromatic heterocycles. The molecule has 0 spiro atoms. The maximum Gasteiger partial charge on any atom is 0.408 e. The molecule has 0 fully saturated rings. The van der Waals surface area contributed by atoms with E-state index >= 15 is 0 Å². The van der Waals surface area contributed by atoms with Crippen LogP contribution in [0.5, 0.6) is 0 Å². The summed E-state index contributed by atoms with van der Waals surface area (Å²) in [7, 11) is 0. The van der Waals surface area contributed by atoms with Crippen LogP contribution in [-0.4, -0.2) is 23.7 Å². The Morgan fingerprint density at radius 3 is 1.79 bits per heavy atom. The Bertz CT molecular complexity index is 1040. The van der Waals surface area contributed by atoms with Crippen molar-refractivity contribution in [3.05, 3.63) is 107 Å². The number of ether oxygens (including phenoxy) is 2. The molecule has 3 aromatic carbocycles. The quantitative estimate of drug-likeness (QED) is 0.436. The van der Waals surface area contributed by atoms with E-state index in [0.29, 0.717) is 0 Å². The average molecular weight is 460 g/mol. The smallest absolute Gasteiger partial charge is 0.408 e. The van der Waals surface area contributed by atoms with Gasteiger partial charge in [0, 0.05) is 5.92 Å². The van der Waals surface area contributed by atoms with Crippen LogP contribution in [0.3, 0.4) is 0 Å². The van der Waals surface area contributed by atoms with Crippen LogP contribution in [0.1, 0.15) is 54.5 Å². The van der Waals surface area contributed by atoms with Crippen molar-refractivity contribution in [2.24, 2.45) is 0 Å². The van der Waals surface area contributed by atoms with Gasteiger partial charge < -0.3 is 14.8 Å². The first-order chi connectivity index (χ1) is 16.1. The van der Waals surface area contributed by atoms with E-state index in [-0.39, 0.29) is 6.61 Å². The van der Waals surface area contributed by atoms with Crippen molar-refractivity contribution in [2.45, 2.75) is 58.8 Å².